The highest BCUT2D eigenvalue weighted by Crippen LogP contribution is 2.36. The van der Waals surface area contributed by atoms with Gasteiger partial charge in [-0.05, 0) is 32.6 Å². The molecular weight excluding hydrogens is 218 g/mol. The number of aromatic nitrogens is 2. The molecule has 0 radical (unpaired) electrons. The van der Waals surface area contributed by atoms with Crippen molar-refractivity contribution in [3.8, 4) is 0 Å². The predicted molar refractivity (Wildman–Crippen MR) is 61.4 cm³/mol. The van der Waals surface area contributed by atoms with Crippen molar-refractivity contribution in [2.24, 2.45) is 5.73 Å². The van der Waals surface area contributed by atoms with Crippen molar-refractivity contribution in [1.82, 2.24) is 10.1 Å². The van der Waals surface area contributed by atoms with Gasteiger partial charge in [-0.2, -0.15) is 4.98 Å². The van der Waals surface area contributed by atoms with Crippen molar-refractivity contribution in [2.45, 2.75) is 56.6 Å². The zero-order valence-corrected chi connectivity index (χ0v) is 10.2. The Morgan fingerprint density at radius 3 is 2.88 bits per heavy atom. The highest BCUT2D eigenvalue weighted by atomic mass is 16.5. The molecule has 17 heavy (non-hydrogen) atoms. The lowest BCUT2D eigenvalue weighted by Crippen LogP contribution is -2.24. The van der Waals surface area contributed by atoms with Crippen molar-refractivity contribution in [3.63, 3.8) is 0 Å². The van der Waals surface area contributed by atoms with E-state index >= 15 is 0 Å². The highest BCUT2D eigenvalue weighted by Gasteiger charge is 2.38. The third-order valence-corrected chi connectivity index (χ3v) is 4.02. The summed E-state index contributed by atoms with van der Waals surface area (Å²) in [5, 5.41) is 4.08. The van der Waals surface area contributed by atoms with E-state index in [0.717, 1.165) is 38.7 Å². The van der Waals surface area contributed by atoms with Gasteiger partial charge in [0.05, 0.1) is 5.92 Å². The molecule has 5 heteroatoms. The van der Waals surface area contributed by atoms with Crippen molar-refractivity contribution < 1.29 is 9.26 Å². The van der Waals surface area contributed by atoms with Gasteiger partial charge in [-0.15, -0.1) is 0 Å². The second-order valence-electron chi connectivity index (χ2n) is 5.34. The Bertz CT molecular complexity index is 398. The Balaban J connectivity index is 1.82. The molecule has 1 aromatic heterocycles. The molecule has 1 saturated carbocycles. The first kappa shape index (κ1) is 11.2. The molecule has 5 nitrogen and oxygen atoms in total. The fraction of sp³-hybridized carbons (Fsp3) is 0.833. The summed E-state index contributed by atoms with van der Waals surface area (Å²) in [7, 11) is 0. The number of rotatable bonds is 2. The van der Waals surface area contributed by atoms with Crippen molar-refractivity contribution in [3.05, 3.63) is 11.7 Å². The van der Waals surface area contributed by atoms with E-state index in [-0.39, 0.29) is 17.6 Å². The first-order chi connectivity index (χ1) is 8.19. The van der Waals surface area contributed by atoms with Crippen LogP contribution in [0.4, 0.5) is 0 Å². The lowest BCUT2D eigenvalue weighted by atomic mass is 10.0. The van der Waals surface area contributed by atoms with Gasteiger partial charge < -0.3 is 15.0 Å². The van der Waals surface area contributed by atoms with Crippen LogP contribution in [-0.4, -0.2) is 22.8 Å². The topological polar surface area (TPSA) is 74.2 Å². The summed E-state index contributed by atoms with van der Waals surface area (Å²) in [4.78, 5) is 4.51. The minimum Gasteiger partial charge on any atom is -0.367 e. The summed E-state index contributed by atoms with van der Waals surface area (Å²) in [5.41, 5.74) is 5.69. The fourth-order valence-corrected chi connectivity index (χ4v) is 2.85. The zero-order valence-electron chi connectivity index (χ0n) is 10.2. The Morgan fingerprint density at radius 2 is 2.24 bits per heavy atom. The zero-order chi connectivity index (χ0) is 11.9. The SMILES string of the molecule is CC1(c2noc(C3CCCC3N)n2)CCCO1. The summed E-state index contributed by atoms with van der Waals surface area (Å²) < 4.78 is 11.1. The molecule has 3 rings (SSSR count). The molecule has 0 spiro atoms. The molecule has 94 valence electrons. The number of hydrogen-bond acceptors (Lipinski definition) is 5. The largest absolute Gasteiger partial charge is 0.367 e. The summed E-state index contributed by atoms with van der Waals surface area (Å²) >= 11 is 0. The van der Waals surface area contributed by atoms with Crippen LogP contribution in [0.25, 0.3) is 0 Å². The van der Waals surface area contributed by atoms with Crippen LogP contribution in [0.1, 0.15) is 56.7 Å². The molecule has 1 saturated heterocycles. The van der Waals surface area contributed by atoms with Crippen LogP contribution in [0.3, 0.4) is 0 Å². The molecule has 3 unspecified atom stereocenters. The van der Waals surface area contributed by atoms with Crippen LogP contribution in [0.5, 0.6) is 0 Å². The number of ether oxygens (including phenoxy) is 1. The van der Waals surface area contributed by atoms with E-state index in [1.807, 2.05) is 6.92 Å². The molecule has 1 aromatic rings. The van der Waals surface area contributed by atoms with Gasteiger partial charge in [0, 0.05) is 12.6 Å². The minimum absolute atomic E-state index is 0.167. The lowest BCUT2D eigenvalue weighted by Gasteiger charge is -2.17. The smallest absolute Gasteiger partial charge is 0.231 e. The van der Waals surface area contributed by atoms with Crippen molar-refractivity contribution in [2.75, 3.05) is 6.61 Å². The molecule has 1 aliphatic carbocycles. The number of nitrogens with two attached hydrogens (primary N) is 1. The van der Waals surface area contributed by atoms with Gasteiger partial charge in [0.2, 0.25) is 11.7 Å². The van der Waals surface area contributed by atoms with E-state index in [0.29, 0.717) is 11.7 Å². The second kappa shape index (κ2) is 4.07. The average molecular weight is 237 g/mol. The average Bonchev–Trinajstić information content (AvgIpc) is 2.97. The highest BCUT2D eigenvalue weighted by molar-refractivity contribution is 5.07. The summed E-state index contributed by atoms with van der Waals surface area (Å²) in [6.45, 7) is 2.81. The maximum Gasteiger partial charge on any atom is 0.231 e. The summed E-state index contributed by atoms with van der Waals surface area (Å²) in [6, 6.07) is 0.167. The Kier molecular flexibility index (Phi) is 2.67. The molecule has 2 fully saturated rings. The first-order valence-corrected chi connectivity index (χ1v) is 6.43. The van der Waals surface area contributed by atoms with Gasteiger partial charge in [-0.3, -0.25) is 0 Å². The monoisotopic (exact) mass is 237 g/mol. The fourth-order valence-electron chi connectivity index (χ4n) is 2.85. The maximum absolute atomic E-state index is 6.05. The van der Waals surface area contributed by atoms with Crippen LogP contribution in [-0.2, 0) is 10.3 Å². The van der Waals surface area contributed by atoms with Gasteiger partial charge >= 0.3 is 0 Å². The Labute approximate surface area is 101 Å². The van der Waals surface area contributed by atoms with Gasteiger partial charge in [0.25, 0.3) is 0 Å². The van der Waals surface area contributed by atoms with Crippen LogP contribution >= 0.6 is 0 Å². The van der Waals surface area contributed by atoms with E-state index < -0.39 is 0 Å². The Hall–Kier alpha value is -0.940. The molecular formula is C12H19N3O2. The summed E-state index contributed by atoms with van der Waals surface area (Å²) in [6.07, 6.45) is 5.28. The third kappa shape index (κ3) is 1.87. The normalized spacial score (nSPS) is 37.8. The third-order valence-electron chi connectivity index (χ3n) is 4.02. The first-order valence-electron chi connectivity index (χ1n) is 6.43. The van der Waals surface area contributed by atoms with Gasteiger partial charge in [0.1, 0.15) is 5.60 Å². The van der Waals surface area contributed by atoms with E-state index in [2.05, 4.69) is 10.1 Å². The minimum atomic E-state index is -0.357. The molecule has 2 heterocycles. The van der Waals surface area contributed by atoms with Crippen LogP contribution in [0.15, 0.2) is 4.52 Å². The molecule has 0 amide bonds. The quantitative estimate of drug-likeness (QED) is 0.847. The molecule has 0 aromatic carbocycles. The Morgan fingerprint density at radius 1 is 1.35 bits per heavy atom. The molecule has 2 N–H and O–H groups in total. The van der Waals surface area contributed by atoms with Crippen molar-refractivity contribution >= 4 is 0 Å². The lowest BCUT2D eigenvalue weighted by molar-refractivity contribution is 0.00768. The van der Waals surface area contributed by atoms with Gasteiger partial charge in [-0.1, -0.05) is 11.6 Å². The van der Waals surface area contributed by atoms with Gasteiger partial charge in [-0.25, -0.2) is 0 Å². The molecule has 2 aliphatic rings. The van der Waals surface area contributed by atoms with E-state index in [1.165, 1.54) is 0 Å². The summed E-state index contributed by atoms with van der Waals surface area (Å²) in [5.74, 6) is 1.62. The number of nitrogens with zero attached hydrogens (tertiary/aromatic N) is 2. The molecule has 3 atom stereocenters. The second-order valence-corrected chi connectivity index (χ2v) is 5.34. The molecule has 1 aliphatic heterocycles. The molecule has 0 bridgehead atoms. The van der Waals surface area contributed by atoms with Gasteiger partial charge in [0.15, 0.2) is 0 Å². The predicted octanol–water partition coefficient (Wildman–Crippen LogP) is 1.69. The van der Waals surface area contributed by atoms with Crippen LogP contribution in [0, 0.1) is 0 Å². The number of hydrogen-bond donors (Lipinski definition) is 1. The van der Waals surface area contributed by atoms with E-state index in [9.17, 15) is 0 Å². The van der Waals surface area contributed by atoms with Crippen LogP contribution in [0.2, 0.25) is 0 Å². The standard InChI is InChI=1S/C12H19N3O2/c1-12(6-3-7-16-12)11-14-10(17-15-11)8-4-2-5-9(8)13/h8-9H,2-7,13H2,1H3. The van der Waals surface area contributed by atoms with E-state index in [1.54, 1.807) is 0 Å². The van der Waals surface area contributed by atoms with Crippen molar-refractivity contribution in [1.29, 1.82) is 0 Å². The van der Waals surface area contributed by atoms with Crippen LogP contribution < -0.4 is 5.73 Å². The van der Waals surface area contributed by atoms with E-state index in [4.69, 9.17) is 15.0 Å². The maximum atomic E-state index is 6.05.